The SMILES string of the molecule is Cc1nc(CN(C)C(=O)c2nc(N)n[nH]2)n[nH]1. The van der Waals surface area contributed by atoms with Crippen molar-refractivity contribution in [3.05, 3.63) is 17.5 Å². The standard InChI is InChI=1S/C8H12N8O/c1-4-10-5(13-12-4)3-16(2)7(17)6-11-8(9)15-14-6/h3H2,1-2H3,(H,10,12,13)(H3,9,11,14,15). The fraction of sp³-hybridized carbons (Fsp3) is 0.375. The molecule has 0 unspecified atom stereocenters. The van der Waals surface area contributed by atoms with Crippen molar-refractivity contribution >= 4 is 11.9 Å². The lowest BCUT2D eigenvalue weighted by molar-refractivity contribution is 0.0770. The van der Waals surface area contributed by atoms with Crippen molar-refractivity contribution < 1.29 is 4.79 Å². The second-order valence-electron chi connectivity index (χ2n) is 3.54. The van der Waals surface area contributed by atoms with E-state index in [2.05, 4.69) is 30.4 Å². The third-order valence-corrected chi connectivity index (χ3v) is 2.07. The topological polar surface area (TPSA) is 129 Å². The molecule has 9 nitrogen and oxygen atoms in total. The maximum absolute atomic E-state index is 11.8. The summed E-state index contributed by atoms with van der Waals surface area (Å²) in [6, 6.07) is 0. The maximum atomic E-state index is 11.8. The molecule has 0 aliphatic rings. The van der Waals surface area contributed by atoms with Crippen LogP contribution in [0.4, 0.5) is 5.95 Å². The molecule has 9 heteroatoms. The number of aromatic amines is 2. The Bertz CT molecular complexity index is 529. The van der Waals surface area contributed by atoms with Gasteiger partial charge in [-0.05, 0) is 6.92 Å². The molecule has 0 bridgehead atoms. The Labute approximate surface area is 96.4 Å². The van der Waals surface area contributed by atoms with Crippen molar-refractivity contribution in [1.29, 1.82) is 0 Å². The Morgan fingerprint density at radius 3 is 2.65 bits per heavy atom. The first-order valence-corrected chi connectivity index (χ1v) is 4.87. The Morgan fingerprint density at radius 2 is 2.12 bits per heavy atom. The molecule has 2 rings (SSSR count). The second-order valence-corrected chi connectivity index (χ2v) is 3.54. The van der Waals surface area contributed by atoms with Crippen molar-refractivity contribution in [3.63, 3.8) is 0 Å². The summed E-state index contributed by atoms with van der Waals surface area (Å²) in [7, 11) is 1.62. The molecule has 0 saturated carbocycles. The highest BCUT2D eigenvalue weighted by Crippen LogP contribution is 2.02. The van der Waals surface area contributed by atoms with Crippen LogP contribution >= 0.6 is 0 Å². The van der Waals surface area contributed by atoms with Crippen LogP contribution in [0.2, 0.25) is 0 Å². The molecule has 0 saturated heterocycles. The molecule has 0 atom stereocenters. The van der Waals surface area contributed by atoms with Gasteiger partial charge in [-0.1, -0.05) is 0 Å². The van der Waals surface area contributed by atoms with Crippen molar-refractivity contribution in [2.45, 2.75) is 13.5 Å². The summed E-state index contributed by atoms with van der Waals surface area (Å²) in [4.78, 5) is 21.1. The van der Waals surface area contributed by atoms with Crippen molar-refractivity contribution in [1.82, 2.24) is 35.3 Å². The van der Waals surface area contributed by atoms with E-state index in [-0.39, 0.29) is 24.2 Å². The summed E-state index contributed by atoms with van der Waals surface area (Å²) in [5, 5.41) is 12.7. The van der Waals surface area contributed by atoms with Crippen LogP contribution in [-0.2, 0) is 6.54 Å². The highest BCUT2D eigenvalue weighted by atomic mass is 16.2. The molecule has 0 aliphatic heterocycles. The van der Waals surface area contributed by atoms with Crippen LogP contribution in [0.1, 0.15) is 22.3 Å². The van der Waals surface area contributed by atoms with Gasteiger partial charge in [0.05, 0.1) is 6.54 Å². The normalized spacial score (nSPS) is 10.5. The number of hydrogen-bond acceptors (Lipinski definition) is 6. The van der Waals surface area contributed by atoms with Crippen LogP contribution in [0.25, 0.3) is 0 Å². The van der Waals surface area contributed by atoms with Gasteiger partial charge < -0.3 is 10.6 Å². The molecular formula is C8H12N8O. The van der Waals surface area contributed by atoms with Gasteiger partial charge in [-0.2, -0.15) is 10.1 Å². The molecule has 0 aliphatic carbocycles. The van der Waals surface area contributed by atoms with Crippen LogP contribution in [0.15, 0.2) is 0 Å². The quantitative estimate of drug-likeness (QED) is 0.632. The van der Waals surface area contributed by atoms with Gasteiger partial charge >= 0.3 is 0 Å². The van der Waals surface area contributed by atoms with E-state index >= 15 is 0 Å². The Balaban J connectivity index is 2.05. The van der Waals surface area contributed by atoms with Gasteiger partial charge in [0, 0.05) is 7.05 Å². The molecule has 2 heterocycles. The largest absolute Gasteiger partial charge is 0.366 e. The van der Waals surface area contributed by atoms with E-state index in [9.17, 15) is 4.79 Å². The van der Waals surface area contributed by atoms with Gasteiger partial charge in [-0.15, -0.1) is 5.10 Å². The summed E-state index contributed by atoms with van der Waals surface area (Å²) in [6.45, 7) is 2.07. The van der Waals surface area contributed by atoms with E-state index in [1.165, 1.54) is 4.90 Å². The molecule has 1 amide bonds. The molecule has 4 N–H and O–H groups in total. The zero-order valence-corrected chi connectivity index (χ0v) is 9.43. The van der Waals surface area contributed by atoms with E-state index in [0.717, 1.165) is 0 Å². The molecule has 2 aromatic rings. The summed E-state index contributed by atoms with van der Waals surface area (Å²) in [6.07, 6.45) is 0. The molecular weight excluding hydrogens is 224 g/mol. The zero-order chi connectivity index (χ0) is 12.4. The third kappa shape index (κ3) is 2.38. The van der Waals surface area contributed by atoms with Gasteiger partial charge in [-0.3, -0.25) is 15.0 Å². The number of H-pyrrole nitrogens is 2. The smallest absolute Gasteiger partial charge is 0.291 e. The molecule has 90 valence electrons. The van der Waals surface area contributed by atoms with Crippen LogP contribution in [-0.4, -0.2) is 48.2 Å². The lowest BCUT2D eigenvalue weighted by atomic mass is 10.4. The Kier molecular flexibility index (Phi) is 2.73. The summed E-state index contributed by atoms with van der Waals surface area (Å²) in [5.41, 5.74) is 5.32. The van der Waals surface area contributed by atoms with Crippen molar-refractivity contribution in [3.8, 4) is 0 Å². The van der Waals surface area contributed by atoms with Gasteiger partial charge in [0.2, 0.25) is 11.8 Å². The number of hydrogen-bond donors (Lipinski definition) is 3. The average molecular weight is 236 g/mol. The summed E-state index contributed by atoms with van der Waals surface area (Å²) >= 11 is 0. The fourth-order valence-corrected chi connectivity index (χ4v) is 1.29. The van der Waals surface area contributed by atoms with Crippen molar-refractivity contribution in [2.24, 2.45) is 0 Å². The Morgan fingerprint density at radius 1 is 1.35 bits per heavy atom. The van der Waals surface area contributed by atoms with E-state index in [0.29, 0.717) is 11.6 Å². The minimum absolute atomic E-state index is 0.0375. The molecule has 0 fully saturated rings. The third-order valence-electron chi connectivity index (χ3n) is 2.07. The van der Waals surface area contributed by atoms with Gasteiger partial charge in [0.1, 0.15) is 5.82 Å². The minimum atomic E-state index is -0.323. The van der Waals surface area contributed by atoms with Crippen LogP contribution in [0.3, 0.4) is 0 Å². The lowest BCUT2D eigenvalue weighted by Gasteiger charge is -2.12. The molecule has 2 aromatic heterocycles. The van der Waals surface area contributed by atoms with Gasteiger partial charge in [-0.25, -0.2) is 4.98 Å². The van der Waals surface area contributed by atoms with E-state index in [4.69, 9.17) is 5.73 Å². The van der Waals surface area contributed by atoms with Crippen LogP contribution in [0.5, 0.6) is 0 Å². The number of aromatic nitrogens is 6. The molecule has 0 radical (unpaired) electrons. The average Bonchev–Trinajstić information content (AvgIpc) is 2.87. The Hall–Kier alpha value is -2.45. The lowest BCUT2D eigenvalue weighted by Crippen LogP contribution is -2.27. The van der Waals surface area contributed by atoms with E-state index < -0.39 is 0 Å². The van der Waals surface area contributed by atoms with Crippen LogP contribution < -0.4 is 5.73 Å². The van der Waals surface area contributed by atoms with E-state index in [1.54, 1.807) is 14.0 Å². The minimum Gasteiger partial charge on any atom is -0.366 e. The zero-order valence-electron chi connectivity index (χ0n) is 9.43. The molecule has 0 aromatic carbocycles. The fourth-order valence-electron chi connectivity index (χ4n) is 1.29. The predicted molar refractivity (Wildman–Crippen MR) is 57.7 cm³/mol. The number of carbonyl (C=O) groups excluding carboxylic acids is 1. The number of aryl methyl sites for hydroxylation is 1. The summed E-state index contributed by atoms with van der Waals surface area (Å²) in [5.74, 6) is 1.04. The molecule has 17 heavy (non-hydrogen) atoms. The number of amides is 1. The highest BCUT2D eigenvalue weighted by Gasteiger charge is 2.17. The number of nitrogens with two attached hydrogens (primary N) is 1. The predicted octanol–water partition coefficient (Wildman–Crippen LogP) is -0.914. The number of rotatable bonds is 3. The van der Waals surface area contributed by atoms with Gasteiger partial charge in [0.15, 0.2) is 5.82 Å². The highest BCUT2D eigenvalue weighted by molar-refractivity contribution is 5.90. The van der Waals surface area contributed by atoms with Crippen molar-refractivity contribution in [2.75, 3.05) is 12.8 Å². The van der Waals surface area contributed by atoms with Crippen LogP contribution in [0, 0.1) is 6.92 Å². The van der Waals surface area contributed by atoms with Gasteiger partial charge in [0.25, 0.3) is 5.91 Å². The monoisotopic (exact) mass is 236 g/mol. The first kappa shape index (κ1) is 11.0. The second kappa shape index (κ2) is 4.20. The number of carbonyl (C=O) groups is 1. The molecule has 0 spiro atoms. The maximum Gasteiger partial charge on any atom is 0.291 e. The summed E-state index contributed by atoms with van der Waals surface area (Å²) < 4.78 is 0. The number of nitrogens with one attached hydrogen (secondary N) is 2. The number of nitrogens with zero attached hydrogens (tertiary/aromatic N) is 5. The number of nitrogen functional groups attached to an aromatic ring is 1. The number of anilines is 1. The van der Waals surface area contributed by atoms with E-state index in [1.807, 2.05) is 0 Å². The first-order valence-electron chi connectivity index (χ1n) is 4.87. The first-order chi connectivity index (χ1) is 8.06.